The number of methoxy groups -OCH3 is 1. The van der Waals surface area contributed by atoms with Crippen LogP contribution in [0.1, 0.15) is 23.2 Å². The Morgan fingerprint density at radius 2 is 2.59 bits per heavy atom. The van der Waals surface area contributed by atoms with Crippen molar-refractivity contribution in [2.75, 3.05) is 25.2 Å². The number of carbonyl (C=O) groups excluding carboxylic acids is 1. The normalized spacial score (nSPS) is 20.2. The maximum atomic E-state index is 11.0. The molecule has 1 atom stereocenters. The van der Waals surface area contributed by atoms with Crippen molar-refractivity contribution >= 4 is 29.1 Å². The summed E-state index contributed by atoms with van der Waals surface area (Å²) >= 11 is 3.51. The number of aromatic nitrogens is 1. The summed E-state index contributed by atoms with van der Waals surface area (Å²) in [5.41, 5.74) is 0.953. The Morgan fingerprint density at radius 1 is 1.71 bits per heavy atom. The van der Waals surface area contributed by atoms with E-state index in [1.165, 1.54) is 7.11 Å². The van der Waals surface area contributed by atoms with Gasteiger partial charge in [-0.1, -0.05) is 0 Å². The molecule has 1 aromatic rings. The third kappa shape index (κ3) is 3.69. The van der Waals surface area contributed by atoms with Crippen LogP contribution in [-0.4, -0.2) is 36.2 Å². The van der Waals surface area contributed by atoms with Crippen LogP contribution in [0.25, 0.3) is 0 Å². The largest absolute Gasteiger partial charge is 0.469 e. The van der Waals surface area contributed by atoms with Crippen LogP contribution in [0.4, 0.5) is 0 Å². The first-order valence-electron chi connectivity index (χ1n) is 5.50. The second-order valence-electron chi connectivity index (χ2n) is 3.69. The van der Waals surface area contributed by atoms with Gasteiger partial charge in [-0.25, -0.2) is 4.98 Å². The maximum Gasteiger partial charge on any atom is 0.305 e. The van der Waals surface area contributed by atoms with Gasteiger partial charge in [-0.2, -0.15) is 11.8 Å². The fourth-order valence-corrected chi connectivity index (χ4v) is 3.40. The Morgan fingerprint density at radius 3 is 3.29 bits per heavy atom. The number of thiazole rings is 1. The molecule has 4 nitrogen and oxygen atoms in total. The zero-order valence-electron chi connectivity index (χ0n) is 9.68. The summed E-state index contributed by atoms with van der Waals surface area (Å²) in [5.74, 6) is 1.85. The molecule has 1 aliphatic heterocycles. The van der Waals surface area contributed by atoms with E-state index >= 15 is 0 Å². The van der Waals surface area contributed by atoms with Crippen LogP contribution < -0.4 is 0 Å². The van der Waals surface area contributed by atoms with E-state index in [-0.39, 0.29) is 12.1 Å². The Kier molecular flexibility index (Phi) is 4.82. The van der Waals surface area contributed by atoms with Crippen LogP contribution in [0.15, 0.2) is 5.38 Å². The first-order chi connectivity index (χ1) is 8.29. The van der Waals surface area contributed by atoms with Gasteiger partial charge in [0.25, 0.3) is 0 Å². The highest BCUT2D eigenvalue weighted by Gasteiger charge is 2.19. The van der Waals surface area contributed by atoms with E-state index in [1.807, 2.05) is 17.1 Å². The van der Waals surface area contributed by atoms with E-state index in [1.54, 1.807) is 11.3 Å². The molecule has 0 N–H and O–H groups in total. The molecule has 1 fully saturated rings. The minimum absolute atomic E-state index is 0.130. The van der Waals surface area contributed by atoms with E-state index in [0.29, 0.717) is 12.8 Å². The summed E-state index contributed by atoms with van der Waals surface area (Å²) in [4.78, 5) is 15.5. The number of esters is 1. The van der Waals surface area contributed by atoms with Gasteiger partial charge in [0.15, 0.2) is 0 Å². The van der Waals surface area contributed by atoms with Crippen molar-refractivity contribution < 1.29 is 14.3 Å². The quantitative estimate of drug-likeness (QED) is 0.786. The van der Waals surface area contributed by atoms with Gasteiger partial charge in [0.1, 0.15) is 11.1 Å². The first-order valence-corrected chi connectivity index (χ1v) is 7.53. The summed E-state index contributed by atoms with van der Waals surface area (Å²) in [6.07, 6.45) is 1.16. The Labute approximate surface area is 109 Å². The summed E-state index contributed by atoms with van der Waals surface area (Å²) in [5, 5.41) is 3.03. The average Bonchev–Trinajstić information content (AvgIpc) is 2.86. The third-order valence-electron chi connectivity index (χ3n) is 2.47. The third-order valence-corrected chi connectivity index (χ3v) is 4.45. The van der Waals surface area contributed by atoms with E-state index in [2.05, 4.69) is 9.72 Å². The lowest BCUT2D eigenvalue weighted by Gasteiger charge is -2.19. The molecule has 1 aromatic heterocycles. The molecule has 0 spiro atoms. The van der Waals surface area contributed by atoms with Gasteiger partial charge in [-0.3, -0.25) is 4.79 Å². The lowest BCUT2D eigenvalue weighted by molar-refractivity contribution is -0.140. The predicted octanol–water partition coefficient (Wildman–Crippen LogP) is 2.05. The van der Waals surface area contributed by atoms with Crippen LogP contribution in [0.5, 0.6) is 0 Å². The van der Waals surface area contributed by atoms with Crippen molar-refractivity contribution in [2.45, 2.75) is 18.9 Å². The monoisotopic (exact) mass is 273 g/mol. The summed E-state index contributed by atoms with van der Waals surface area (Å²) < 4.78 is 10.3. The van der Waals surface area contributed by atoms with Gasteiger partial charge in [-0.15, -0.1) is 11.3 Å². The van der Waals surface area contributed by atoms with Crippen molar-refractivity contribution in [3.63, 3.8) is 0 Å². The first kappa shape index (κ1) is 12.9. The number of ether oxygens (including phenoxy) is 2. The highest BCUT2D eigenvalue weighted by Crippen LogP contribution is 2.28. The zero-order valence-corrected chi connectivity index (χ0v) is 11.3. The highest BCUT2D eigenvalue weighted by atomic mass is 32.2. The molecule has 0 bridgehead atoms. The van der Waals surface area contributed by atoms with Crippen molar-refractivity contribution in [1.29, 1.82) is 0 Å². The fraction of sp³-hybridized carbons (Fsp3) is 0.636. The lowest BCUT2D eigenvalue weighted by atomic mass is 10.2. The molecule has 0 aromatic carbocycles. The number of hydrogen-bond acceptors (Lipinski definition) is 6. The van der Waals surface area contributed by atoms with E-state index < -0.39 is 0 Å². The van der Waals surface area contributed by atoms with Crippen molar-refractivity contribution in [3.8, 4) is 0 Å². The number of carbonyl (C=O) groups is 1. The molecule has 0 saturated carbocycles. The minimum atomic E-state index is -0.191. The number of thioether (sulfide) groups is 1. The van der Waals surface area contributed by atoms with Crippen LogP contribution in [0.3, 0.4) is 0 Å². The van der Waals surface area contributed by atoms with Gasteiger partial charge in [0.05, 0.1) is 25.8 Å². The van der Waals surface area contributed by atoms with Gasteiger partial charge in [0, 0.05) is 23.3 Å². The highest BCUT2D eigenvalue weighted by molar-refractivity contribution is 7.99. The number of hydrogen-bond donors (Lipinski definition) is 0. The number of nitrogens with zero attached hydrogens (tertiary/aromatic N) is 1. The molecule has 17 heavy (non-hydrogen) atoms. The van der Waals surface area contributed by atoms with E-state index in [9.17, 15) is 4.79 Å². The second-order valence-corrected chi connectivity index (χ2v) is 5.73. The molecule has 0 amide bonds. The number of aryl methyl sites for hydroxylation is 1. The predicted molar refractivity (Wildman–Crippen MR) is 68.5 cm³/mol. The molecular formula is C11H15NO3S2. The maximum absolute atomic E-state index is 11.0. The standard InChI is InChI=1S/C11H15NO3S2/c1-14-10(13)3-2-8-6-17-11(12-8)9-7-16-5-4-15-9/h6,9H,2-5,7H2,1H3. The molecule has 2 rings (SSSR count). The molecule has 1 saturated heterocycles. The van der Waals surface area contributed by atoms with Gasteiger partial charge >= 0.3 is 5.97 Å². The molecule has 6 heteroatoms. The smallest absolute Gasteiger partial charge is 0.305 e. The minimum Gasteiger partial charge on any atom is -0.469 e. The lowest BCUT2D eigenvalue weighted by Crippen LogP contribution is -2.15. The molecule has 0 aliphatic carbocycles. The molecule has 94 valence electrons. The Balaban J connectivity index is 1.88. The molecule has 1 aliphatic rings. The molecule has 0 radical (unpaired) electrons. The second kappa shape index (κ2) is 6.37. The Hall–Kier alpha value is -0.590. The van der Waals surface area contributed by atoms with Crippen molar-refractivity contribution in [2.24, 2.45) is 0 Å². The molecule has 1 unspecified atom stereocenters. The van der Waals surface area contributed by atoms with E-state index in [0.717, 1.165) is 28.8 Å². The Bertz CT molecular complexity index is 375. The van der Waals surface area contributed by atoms with Crippen LogP contribution in [0, 0.1) is 0 Å². The van der Waals surface area contributed by atoms with Gasteiger partial charge in [0.2, 0.25) is 0 Å². The summed E-state index contributed by atoms with van der Waals surface area (Å²) in [6.45, 7) is 0.798. The van der Waals surface area contributed by atoms with Crippen molar-refractivity contribution in [3.05, 3.63) is 16.1 Å². The fourth-order valence-electron chi connectivity index (χ4n) is 1.55. The van der Waals surface area contributed by atoms with Crippen LogP contribution >= 0.6 is 23.1 Å². The SMILES string of the molecule is COC(=O)CCc1csc(C2CSCCO2)n1. The summed E-state index contributed by atoms with van der Waals surface area (Å²) in [7, 11) is 1.40. The zero-order chi connectivity index (χ0) is 12.1. The van der Waals surface area contributed by atoms with Crippen molar-refractivity contribution in [1.82, 2.24) is 4.98 Å². The van der Waals surface area contributed by atoms with Gasteiger partial charge < -0.3 is 9.47 Å². The summed E-state index contributed by atoms with van der Waals surface area (Å²) in [6, 6.07) is 0. The average molecular weight is 273 g/mol. The topological polar surface area (TPSA) is 48.4 Å². The number of rotatable bonds is 4. The van der Waals surface area contributed by atoms with E-state index in [4.69, 9.17) is 4.74 Å². The molecule has 2 heterocycles. The van der Waals surface area contributed by atoms with Crippen LogP contribution in [-0.2, 0) is 20.7 Å². The van der Waals surface area contributed by atoms with Gasteiger partial charge in [-0.05, 0) is 0 Å². The molecular weight excluding hydrogens is 258 g/mol. The van der Waals surface area contributed by atoms with Crippen LogP contribution in [0.2, 0.25) is 0 Å².